The van der Waals surface area contributed by atoms with Gasteiger partial charge in [-0.15, -0.1) is 0 Å². The van der Waals surface area contributed by atoms with E-state index in [4.69, 9.17) is 0 Å². The highest BCUT2D eigenvalue weighted by Gasteiger charge is 2.27. The van der Waals surface area contributed by atoms with E-state index in [-0.39, 0.29) is 0 Å². The summed E-state index contributed by atoms with van der Waals surface area (Å²) in [7, 11) is 0. The van der Waals surface area contributed by atoms with Crippen LogP contribution in [-0.4, -0.2) is 37.6 Å². The molecule has 0 atom stereocenters. The van der Waals surface area contributed by atoms with Crippen molar-refractivity contribution in [1.82, 2.24) is 10.2 Å². The van der Waals surface area contributed by atoms with Gasteiger partial charge in [0.25, 0.3) is 0 Å². The second-order valence-electron chi connectivity index (χ2n) is 6.11. The minimum absolute atomic E-state index is 0.403. The van der Waals surface area contributed by atoms with Crippen LogP contribution in [0, 0.1) is 11.3 Å². The molecule has 0 saturated heterocycles. The predicted molar refractivity (Wildman–Crippen MR) is 71.8 cm³/mol. The summed E-state index contributed by atoms with van der Waals surface area (Å²) in [6.45, 7) is 15.3. The fraction of sp³-hybridized carbons (Fsp3) is 1.00. The van der Waals surface area contributed by atoms with Crippen molar-refractivity contribution in [3.8, 4) is 0 Å². The molecular formula is C14H30N2. The summed E-state index contributed by atoms with van der Waals surface area (Å²) in [5.41, 5.74) is 0.403. The first kappa shape index (κ1) is 14.0. The van der Waals surface area contributed by atoms with Crippen molar-refractivity contribution in [2.24, 2.45) is 11.3 Å². The third-order valence-corrected chi connectivity index (χ3v) is 3.34. The molecule has 96 valence electrons. The Morgan fingerprint density at radius 1 is 1.25 bits per heavy atom. The molecule has 0 spiro atoms. The maximum Gasteiger partial charge on any atom is 0.00448 e. The van der Waals surface area contributed by atoms with Crippen LogP contribution >= 0.6 is 0 Å². The van der Waals surface area contributed by atoms with Gasteiger partial charge in [0.15, 0.2) is 0 Å². The summed E-state index contributed by atoms with van der Waals surface area (Å²) < 4.78 is 0. The smallest absolute Gasteiger partial charge is 0.00448 e. The zero-order valence-electron chi connectivity index (χ0n) is 11.7. The molecular weight excluding hydrogens is 196 g/mol. The number of rotatable bonds is 9. The van der Waals surface area contributed by atoms with E-state index in [1.54, 1.807) is 0 Å². The Morgan fingerprint density at radius 2 is 1.94 bits per heavy atom. The van der Waals surface area contributed by atoms with E-state index in [2.05, 4.69) is 37.9 Å². The molecule has 1 aliphatic rings. The van der Waals surface area contributed by atoms with Crippen molar-refractivity contribution < 1.29 is 0 Å². The lowest BCUT2D eigenvalue weighted by Crippen LogP contribution is -2.41. The van der Waals surface area contributed by atoms with Gasteiger partial charge in [-0.3, -0.25) is 0 Å². The molecule has 0 bridgehead atoms. The van der Waals surface area contributed by atoms with Crippen molar-refractivity contribution in [2.75, 3.05) is 32.7 Å². The van der Waals surface area contributed by atoms with Crippen molar-refractivity contribution >= 4 is 0 Å². The van der Waals surface area contributed by atoms with Crippen molar-refractivity contribution in [1.29, 1.82) is 0 Å². The summed E-state index contributed by atoms with van der Waals surface area (Å²) in [6.07, 6.45) is 4.16. The van der Waals surface area contributed by atoms with Crippen LogP contribution in [0.15, 0.2) is 0 Å². The largest absolute Gasteiger partial charge is 0.316 e. The van der Waals surface area contributed by atoms with Crippen LogP contribution in [0.2, 0.25) is 0 Å². The summed E-state index contributed by atoms with van der Waals surface area (Å²) in [5.74, 6) is 1.01. The van der Waals surface area contributed by atoms with Crippen molar-refractivity contribution in [3.63, 3.8) is 0 Å². The molecule has 1 N–H and O–H groups in total. The van der Waals surface area contributed by atoms with Crippen LogP contribution in [0.5, 0.6) is 0 Å². The normalized spacial score (nSPS) is 17.1. The average Bonchev–Trinajstić information content (AvgIpc) is 3.00. The fourth-order valence-electron chi connectivity index (χ4n) is 2.24. The fourth-order valence-corrected chi connectivity index (χ4v) is 2.24. The predicted octanol–water partition coefficient (Wildman–Crippen LogP) is 2.74. The lowest BCUT2D eigenvalue weighted by molar-refractivity contribution is 0.175. The van der Waals surface area contributed by atoms with E-state index in [1.165, 1.54) is 38.9 Å². The second kappa shape index (κ2) is 6.61. The Morgan fingerprint density at radius 3 is 2.44 bits per heavy atom. The van der Waals surface area contributed by atoms with Gasteiger partial charge in [-0.25, -0.2) is 0 Å². The monoisotopic (exact) mass is 226 g/mol. The molecule has 0 amide bonds. The van der Waals surface area contributed by atoms with Crippen LogP contribution in [0.4, 0.5) is 0 Å². The topological polar surface area (TPSA) is 15.3 Å². The second-order valence-corrected chi connectivity index (χ2v) is 6.11. The number of nitrogens with one attached hydrogen (secondary N) is 1. The molecule has 1 rings (SSSR count). The van der Waals surface area contributed by atoms with Gasteiger partial charge in [0, 0.05) is 19.6 Å². The van der Waals surface area contributed by atoms with E-state index in [0.717, 1.165) is 19.0 Å². The maximum absolute atomic E-state index is 3.55. The van der Waals surface area contributed by atoms with E-state index in [1.807, 2.05) is 0 Å². The van der Waals surface area contributed by atoms with Crippen LogP contribution in [0.3, 0.4) is 0 Å². The Balaban J connectivity index is 2.23. The molecule has 0 radical (unpaired) electrons. The first-order chi connectivity index (χ1) is 7.57. The lowest BCUT2D eigenvalue weighted by atomic mass is 9.92. The standard InChI is InChI=1S/C14H30N2/c1-5-9-15-11-14(3,4)12-16(6-2)10-13-7-8-13/h13,15H,5-12H2,1-4H3. The first-order valence-corrected chi connectivity index (χ1v) is 7.00. The van der Waals surface area contributed by atoms with Gasteiger partial charge in [-0.05, 0) is 43.7 Å². The van der Waals surface area contributed by atoms with Gasteiger partial charge >= 0.3 is 0 Å². The molecule has 1 aliphatic carbocycles. The van der Waals surface area contributed by atoms with Crippen LogP contribution in [0.25, 0.3) is 0 Å². The first-order valence-electron chi connectivity index (χ1n) is 7.00. The van der Waals surface area contributed by atoms with Gasteiger partial charge in [0.2, 0.25) is 0 Å². The Bertz CT molecular complexity index is 185. The molecule has 0 aromatic carbocycles. The number of hydrogen-bond acceptors (Lipinski definition) is 2. The van der Waals surface area contributed by atoms with E-state index < -0.39 is 0 Å². The lowest BCUT2D eigenvalue weighted by Gasteiger charge is -2.32. The average molecular weight is 226 g/mol. The molecule has 1 fully saturated rings. The number of hydrogen-bond donors (Lipinski definition) is 1. The van der Waals surface area contributed by atoms with Gasteiger partial charge in [0.05, 0.1) is 0 Å². The maximum atomic E-state index is 3.55. The molecule has 0 heterocycles. The van der Waals surface area contributed by atoms with Gasteiger partial charge < -0.3 is 10.2 Å². The molecule has 2 heteroatoms. The van der Waals surface area contributed by atoms with E-state index in [9.17, 15) is 0 Å². The van der Waals surface area contributed by atoms with E-state index >= 15 is 0 Å². The van der Waals surface area contributed by atoms with Gasteiger partial charge in [-0.2, -0.15) is 0 Å². The van der Waals surface area contributed by atoms with Crippen LogP contribution < -0.4 is 5.32 Å². The molecule has 2 nitrogen and oxygen atoms in total. The highest BCUT2D eigenvalue weighted by atomic mass is 15.1. The quantitative estimate of drug-likeness (QED) is 0.608. The molecule has 1 saturated carbocycles. The third kappa shape index (κ3) is 5.86. The molecule has 0 aliphatic heterocycles. The molecule has 16 heavy (non-hydrogen) atoms. The van der Waals surface area contributed by atoms with E-state index in [0.29, 0.717) is 5.41 Å². The summed E-state index contributed by atoms with van der Waals surface area (Å²) in [5, 5.41) is 3.55. The summed E-state index contributed by atoms with van der Waals surface area (Å²) in [4.78, 5) is 2.63. The molecule has 0 unspecified atom stereocenters. The van der Waals surface area contributed by atoms with Crippen LogP contribution in [0.1, 0.15) is 47.0 Å². The Kier molecular flexibility index (Phi) is 5.77. The third-order valence-electron chi connectivity index (χ3n) is 3.34. The highest BCUT2D eigenvalue weighted by Crippen LogP contribution is 2.30. The Labute approximate surface area is 102 Å². The Hall–Kier alpha value is -0.0800. The zero-order valence-corrected chi connectivity index (χ0v) is 11.7. The minimum atomic E-state index is 0.403. The summed E-state index contributed by atoms with van der Waals surface area (Å²) >= 11 is 0. The molecule has 0 aromatic heterocycles. The van der Waals surface area contributed by atoms with Gasteiger partial charge in [0.1, 0.15) is 0 Å². The highest BCUT2D eigenvalue weighted by molar-refractivity contribution is 4.81. The van der Waals surface area contributed by atoms with Gasteiger partial charge in [-0.1, -0.05) is 27.7 Å². The zero-order chi connectivity index (χ0) is 12.0. The van der Waals surface area contributed by atoms with Crippen molar-refractivity contribution in [3.05, 3.63) is 0 Å². The minimum Gasteiger partial charge on any atom is -0.316 e. The van der Waals surface area contributed by atoms with Crippen LogP contribution in [-0.2, 0) is 0 Å². The SMILES string of the molecule is CCCNCC(C)(C)CN(CC)CC1CC1. The summed E-state index contributed by atoms with van der Waals surface area (Å²) in [6, 6.07) is 0. The van der Waals surface area contributed by atoms with Crippen molar-refractivity contribution in [2.45, 2.75) is 47.0 Å². The number of nitrogens with zero attached hydrogens (tertiary/aromatic N) is 1. The molecule has 0 aromatic rings.